The van der Waals surface area contributed by atoms with Crippen LogP contribution in [0.1, 0.15) is 37.6 Å². The molecule has 2 nitrogen and oxygen atoms in total. The molecule has 4 heteroatoms. The third-order valence-electron chi connectivity index (χ3n) is 2.84. The lowest BCUT2D eigenvalue weighted by Gasteiger charge is -2.31. The van der Waals surface area contributed by atoms with Crippen molar-refractivity contribution in [1.29, 1.82) is 0 Å². The van der Waals surface area contributed by atoms with Gasteiger partial charge in [-0.2, -0.15) is 0 Å². The van der Waals surface area contributed by atoms with Crippen LogP contribution in [0.3, 0.4) is 0 Å². The van der Waals surface area contributed by atoms with E-state index in [0.29, 0.717) is 17.9 Å². The van der Waals surface area contributed by atoms with Crippen molar-refractivity contribution in [2.45, 2.75) is 33.2 Å². The molecule has 0 aliphatic rings. The molecule has 0 saturated heterocycles. The van der Waals surface area contributed by atoms with Crippen molar-refractivity contribution < 1.29 is 9.18 Å². The van der Waals surface area contributed by atoms with Crippen molar-refractivity contribution >= 4 is 17.5 Å². The number of nitrogens with one attached hydrogen (secondary N) is 1. The number of benzene rings is 1. The molecule has 1 N–H and O–H groups in total. The summed E-state index contributed by atoms with van der Waals surface area (Å²) >= 11 is 5.75. The van der Waals surface area contributed by atoms with Crippen molar-refractivity contribution in [2.24, 2.45) is 5.41 Å². The highest BCUT2D eigenvalue weighted by atomic mass is 35.5. The fourth-order valence-corrected chi connectivity index (χ4v) is 1.92. The molecule has 18 heavy (non-hydrogen) atoms. The Balaban J connectivity index is 2.79. The Labute approximate surface area is 113 Å². The predicted molar refractivity (Wildman–Crippen MR) is 72.4 cm³/mol. The van der Waals surface area contributed by atoms with E-state index in [4.69, 9.17) is 11.6 Å². The Morgan fingerprint density at radius 3 is 2.61 bits per heavy atom. The van der Waals surface area contributed by atoms with E-state index in [1.54, 1.807) is 6.07 Å². The molecule has 1 unspecified atom stereocenters. The molecule has 0 spiro atoms. The maximum Gasteiger partial charge on any atom is 0.251 e. The minimum atomic E-state index is -0.410. The molecule has 0 heterocycles. The molecule has 0 saturated carbocycles. The summed E-state index contributed by atoms with van der Waals surface area (Å²) < 4.78 is 13.0. The zero-order chi connectivity index (χ0) is 13.8. The average molecular weight is 272 g/mol. The van der Waals surface area contributed by atoms with Crippen LogP contribution in [0.15, 0.2) is 24.3 Å². The molecule has 100 valence electrons. The van der Waals surface area contributed by atoms with Crippen LogP contribution in [0, 0.1) is 11.2 Å². The van der Waals surface area contributed by atoms with Crippen molar-refractivity contribution in [3.05, 3.63) is 35.6 Å². The first-order chi connectivity index (χ1) is 8.34. The highest BCUT2D eigenvalue weighted by Gasteiger charge is 2.26. The van der Waals surface area contributed by atoms with Gasteiger partial charge in [-0.1, -0.05) is 26.8 Å². The molecular formula is C14H19ClFNO. The maximum atomic E-state index is 13.0. The van der Waals surface area contributed by atoms with Gasteiger partial charge in [-0.15, -0.1) is 11.6 Å². The number of halogens is 2. The SMILES string of the molecule is CC(C)(C)C(CCCl)NC(=O)c1cccc(F)c1. The number of carbonyl (C=O) groups is 1. The van der Waals surface area contributed by atoms with Crippen molar-refractivity contribution in [2.75, 3.05) is 5.88 Å². The van der Waals surface area contributed by atoms with E-state index in [1.165, 1.54) is 18.2 Å². The third-order valence-corrected chi connectivity index (χ3v) is 3.05. The lowest BCUT2D eigenvalue weighted by atomic mass is 9.85. The molecule has 0 radical (unpaired) electrons. The Morgan fingerprint density at radius 1 is 1.44 bits per heavy atom. The summed E-state index contributed by atoms with van der Waals surface area (Å²) in [6.07, 6.45) is 0.687. The van der Waals surface area contributed by atoms with Crippen LogP contribution in [0.4, 0.5) is 4.39 Å². The van der Waals surface area contributed by atoms with Gasteiger partial charge in [0.25, 0.3) is 5.91 Å². The van der Waals surface area contributed by atoms with Gasteiger partial charge in [0.15, 0.2) is 0 Å². The quantitative estimate of drug-likeness (QED) is 0.833. The van der Waals surface area contributed by atoms with Crippen LogP contribution in [-0.4, -0.2) is 17.8 Å². The largest absolute Gasteiger partial charge is 0.349 e. The number of amides is 1. The predicted octanol–water partition coefficient (Wildman–Crippen LogP) is 3.60. The molecule has 0 fully saturated rings. The van der Waals surface area contributed by atoms with Gasteiger partial charge in [0, 0.05) is 17.5 Å². The molecule has 0 aromatic heterocycles. The van der Waals surface area contributed by atoms with E-state index in [9.17, 15) is 9.18 Å². The Hall–Kier alpha value is -1.09. The van der Waals surface area contributed by atoms with E-state index in [-0.39, 0.29) is 17.4 Å². The number of alkyl halides is 1. The van der Waals surface area contributed by atoms with Gasteiger partial charge in [0.2, 0.25) is 0 Å². The maximum absolute atomic E-state index is 13.0. The average Bonchev–Trinajstić information content (AvgIpc) is 2.27. The second-order valence-corrected chi connectivity index (χ2v) is 5.76. The summed E-state index contributed by atoms with van der Waals surface area (Å²) in [5, 5.41) is 2.91. The number of rotatable bonds is 4. The first-order valence-corrected chi connectivity index (χ1v) is 6.50. The second kappa shape index (κ2) is 6.19. The van der Waals surface area contributed by atoms with Crippen LogP contribution in [0.25, 0.3) is 0 Å². The van der Waals surface area contributed by atoms with Gasteiger partial charge in [-0.25, -0.2) is 4.39 Å². The van der Waals surface area contributed by atoms with Gasteiger partial charge < -0.3 is 5.32 Å². The molecule has 0 aliphatic heterocycles. The third kappa shape index (κ3) is 4.30. The van der Waals surface area contributed by atoms with Crippen LogP contribution >= 0.6 is 11.6 Å². The smallest absolute Gasteiger partial charge is 0.251 e. The Kier molecular flexibility index (Phi) is 5.15. The summed E-state index contributed by atoms with van der Waals surface area (Å²) in [5.41, 5.74) is 0.247. The van der Waals surface area contributed by atoms with Crippen molar-refractivity contribution in [3.8, 4) is 0 Å². The molecule has 1 atom stereocenters. The van der Waals surface area contributed by atoms with Crippen LogP contribution < -0.4 is 5.32 Å². The normalized spacial score (nSPS) is 13.2. The van der Waals surface area contributed by atoms with E-state index in [2.05, 4.69) is 5.32 Å². The lowest BCUT2D eigenvalue weighted by molar-refractivity contribution is 0.0900. The Bertz CT molecular complexity index is 415. The zero-order valence-corrected chi connectivity index (χ0v) is 11.7. The summed E-state index contributed by atoms with van der Waals surface area (Å²) in [6, 6.07) is 5.63. The summed E-state index contributed by atoms with van der Waals surface area (Å²) in [5.74, 6) is -0.197. The fourth-order valence-electron chi connectivity index (χ4n) is 1.70. The molecular weight excluding hydrogens is 253 g/mol. The monoisotopic (exact) mass is 271 g/mol. The zero-order valence-electron chi connectivity index (χ0n) is 11.0. The second-order valence-electron chi connectivity index (χ2n) is 5.38. The summed E-state index contributed by atoms with van der Waals surface area (Å²) in [7, 11) is 0. The molecule has 1 aromatic carbocycles. The van der Waals surface area contributed by atoms with Crippen LogP contribution in [0.2, 0.25) is 0 Å². The van der Waals surface area contributed by atoms with Gasteiger partial charge in [0.05, 0.1) is 0 Å². The Morgan fingerprint density at radius 2 is 2.11 bits per heavy atom. The topological polar surface area (TPSA) is 29.1 Å². The first-order valence-electron chi connectivity index (χ1n) is 5.97. The molecule has 0 bridgehead atoms. The summed E-state index contributed by atoms with van der Waals surface area (Å²) in [6.45, 7) is 6.11. The minimum Gasteiger partial charge on any atom is -0.349 e. The van der Waals surface area contributed by atoms with Crippen LogP contribution in [-0.2, 0) is 0 Å². The highest BCUT2D eigenvalue weighted by Crippen LogP contribution is 2.22. The van der Waals surface area contributed by atoms with Crippen molar-refractivity contribution in [1.82, 2.24) is 5.32 Å². The van der Waals surface area contributed by atoms with Gasteiger partial charge in [0.1, 0.15) is 5.82 Å². The summed E-state index contributed by atoms with van der Waals surface area (Å²) in [4.78, 5) is 12.0. The minimum absolute atomic E-state index is 0.0363. The number of carbonyl (C=O) groups excluding carboxylic acids is 1. The lowest BCUT2D eigenvalue weighted by Crippen LogP contribution is -2.44. The molecule has 1 amide bonds. The first kappa shape index (κ1) is 15.0. The van der Waals surface area contributed by atoms with E-state index in [0.717, 1.165) is 0 Å². The van der Waals surface area contributed by atoms with Gasteiger partial charge >= 0.3 is 0 Å². The van der Waals surface area contributed by atoms with Crippen molar-refractivity contribution in [3.63, 3.8) is 0 Å². The highest BCUT2D eigenvalue weighted by molar-refractivity contribution is 6.17. The fraction of sp³-hybridized carbons (Fsp3) is 0.500. The van der Waals surface area contributed by atoms with Gasteiger partial charge in [-0.05, 0) is 30.0 Å². The molecule has 0 aliphatic carbocycles. The van der Waals surface area contributed by atoms with E-state index >= 15 is 0 Å². The molecule has 1 rings (SSSR count). The number of hydrogen-bond donors (Lipinski definition) is 1. The standard InChI is InChI=1S/C14H19ClFNO/c1-14(2,3)12(7-8-15)17-13(18)10-5-4-6-11(16)9-10/h4-6,9,12H,7-8H2,1-3H3,(H,17,18). The van der Waals surface area contributed by atoms with Gasteiger partial charge in [-0.3, -0.25) is 4.79 Å². The molecule has 1 aromatic rings. The van der Waals surface area contributed by atoms with Crippen LogP contribution in [0.5, 0.6) is 0 Å². The van der Waals surface area contributed by atoms with E-state index < -0.39 is 5.82 Å². The van der Waals surface area contributed by atoms with E-state index in [1.807, 2.05) is 20.8 Å². The number of hydrogen-bond acceptors (Lipinski definition) is 1.